The summed E-state index contributed by atoms with van der Waals surface area (Å²) in [4.78, 5) is 16.7. The van der Waals surface area contributed by atoms with E-state index in [2.05, 4.69) is 4.99 Å². The summed E-state index contributed by atoms with van der Waals surface area (Å²) in [7, 11) is 0. The smallest absolute Gasteiger partial charge is 0.218 e. The Labute approximate surface area is 165 Å². The molecule has 0 atom stereocenters. The lowest BCUT2D eigenvalue weighted by Gasteiger charge is -2.21. The number of benzene rings is 2. The number of para-hydroxylation sites is 1. The van der Waals surface area contributed by atoms with Gasteiger partial charge >= 0.3 is 0 Å². The first-order valence-electron chi connectivity index (χ1n) is 10.2. The SMILES string of the molecule is O=C(C=Nc1c(O)n(CCC2CCCCC2)c2ccccc12)c1ccccc1. The van der Waals surface area contributed by atoms with Gasteiger partial charge < -0.3 is 9.67 Å². The van der Waals surface area contributed by atoms with Crippen LogP contribution in [0.1, 0.15) is 48.9 Å². The molecule has 2 aromatic carbocycles. The maximum absolute atomic E-state index is 12.4. The van der Waals surface area contributed by atoms with Crippen LogP contribution in [0.5, 0.6) is 5.88 Å². The van der Waals surface area contributed by atoms with Crippen molar-refractivity contribution in [3.8, 4) is 5.88 Å². The number of aliphatic imine (C=N–C) groups is 1. The largest absolute Gasteiger partial charge is 0.493 e. The molecule has 1 saturated carbocycles. The highest BCUT2D eigenvalue weighted by Crippen LogP contribution is 2.39. The summed E-state index contributed by atoms with van der Waals surface area (Å²) in [5.41, 5.74) is 2.03. The number of aryl methyl sites for hydroxylation is 1. The van der Waals surface area contributed by atoms with E-state index in [1.54, 1.807) is 12.1 Å². The third kappa shape index (κ3) is 3.86. The van der Waals surface area contributed by atoms with E-state index >= 15 is 0 Å². The summed E-state index contributed by atoms with van der Waals surface area (Å²) in [6, 6.07) is 16.9. The zero-order valence-electron chi connectivity index (χ0n) is 16.1. The molecular formula is C24H26N2O2. The van der Waals surface area contributed by atoms with E-state index < -0.39 is 0 Å². The summed E-state index contributed by atoms with van der Waals surface area (Å²) < 4.78 is 1.95. The average Bonchev–Trinajstić information content (AvgIpc) is 3.02. The molecule has 0 amide bonds. The van der Waals surface area contributed by atoms with E-state index in [4.69, 9.17) is 0 Å². The number of aromatic nitrogens is 1. The molecule has 1 N–H and O–H groups in total. The molecule has 0 saturated heterocycles. The van der Waals surface area contributed by atoms with Crippen molar-refractivity contribution in [1.29, 1.82) is 0 Å². The number of fused-ring (bicyclic) bond motifs is 1. The van der Waals surface area contributed by atoms with Crippen LogP contribution in [0.3, 0.4) is 0 Å². The summed E-state index contributed by atoms with van der Waals surface area (Å²) in [6.07, 6.45) is 8.94. The molecule has 4 heteroatoms. The van der Waals surface area contributed by atoms with Gasteiger partial charge in [0.1, 0.15) is 5.69 Å². The van der Waals surface area contributed by atoms with Crippen LogP contribution in [-0.2, 0) is 6.54 Å². The summed E-state index contributed by atoms with van der Waals surface area (Å²) in [5, 5.41) is 11.7. The predicted octanol–water partition coefficient (Wildman–Crippen LogP) is 5.90. The number of aromatic hydroxyl groups is 1. The molecule has 0 radical (unpaired) electrons. The lowest BCUT2D eigenvalue weighted by Crippen LogP contribution is -2.09. The normalized spacial score (nSPS) is 15.4. The van der Waals surface area contributed by atoms with Crippen LogP contribution in [-0.4, -0.2) is 21.7 Å². The molecule has 3 aromatic rings. The lowest BCUT2D eigenvalue weighted by molar-refractivity contribution is 0.107. The third-order valence-electron chi connectivity index (χ3n) is 5.77. The Balaban J connectivity index is 1.60. The fourth-order valence-electron chi connectivity index (χ4n) is 4.21. The van der Waals surface area contributed by atoms with E-state index in [0.717, 1.165) is 29.8 Å². The minimum atomic E-state index is -0.168. The molecule has 0 aliphatic heterocycles. The predicted molar refractivity (Wildman–Crippen MR) is 114 cm³/mol. The second-order valence-electron chi connectivity index (χ2n) is 7.62. The Kier molecular flexibility index (Phi) is 5.56. The Hall–Kier alpha value is -2.88. The molecule has 0 spiro atoms. The minimum Gasteiger partial charge on any atom is -0.493 e. The quantitative estimate of drug-likeness (QED) is 0.431. The minimum absolute atomic E-state index is 0.147. The van der Waals surface area contributed by atoms with Crippen molar-refractivity contribution in [2.45, 2.75) is 45.1 Å². The summed E-state index contributed by atoms with van der Waals surface area (Å²) >= 11 is 0. The Morgan fingerprint density at radius 2 is 1.75 bits per heavy atom. The molecule has 4 rings (SSSR count). The van der Waals surface area contributed by atoms with Gasteiger partial charge in [0.2, 0.25) is 11.7 Å². The van der Waals surface area contributed by atoms with Gasteiger partial charge in [0.05, 0.1) is 11.7 Å². The Morgan fingerprint density at radius 3 is 2.54 bits per heavy atom. The van der Waals surface area contributed by atoms with Gasteiger partial charge in [-0.1, -0.05) is 80.6 Å². The monoisotopic (exact) mass is 374 g/mol. The Morgan fingerprint density at radius 1 is 1.04 bits per heavy atom. The second-order valence-corrected chi connectivity index (χ2v) is 7.62. The van der Waals surface area contributed by atoms with Crippen molar-refractivity contribution in [2.24, 2.45) is 10.9 Å². The highest BCUT2D eigenvalue weighted by molar-refractivity contribution is 6.36. The van der Waals surface area contributed by atoms with E-state index in [1.807, 2.05) is 47.0 Å². The van der Waals surface area contributed by atoms with Crippen molar-refractivity contribution in [3.63, 3.8) is 0 Å². The van der Waals surface area contributed by atoms with Crippen LogP contribution in [0.4, 0.5) is 5.69 Å². The molecule has 1 heterocycles. The van der Waals surface area contributed by atoms with Crippen LogP contribution in [0, 0.1) is 5.92 Å². The van der Waals surface area contributed by atoms with Gasteiger partial charge in [0.25, 0.3) is 0 Å². The topological polar surface area (TPSA) is 54.6 Å². The number of hydrogen-bond acceptors (Lipinski definition) is 3. The van der Waals surface area contributed by atoms with Gasteiger partial charge in [0, 0.05) is 17.5 Å². The lowest BCUT2D eigenvalue weighted by atomic mass is 9.87. The maximum Gasteiger partial charge on any atom is 0.218 e. The van der Waals surface area contributed by atoms with Gasteiger partial charge in [-0.3, -0.25) is 4.79 Å². The Bertz CT molecular complexity index is 983. The first kappa shape index (κ1) is 18.5. The standard InChI is InChI=1S/C24H26N2O2/c27-22(19-11-5-2-6-12-19)17-25-23-20-13-7-8-14-21(20)26(24(23)28)16-15-18-9-3-1-4-10-18/h2,5-8,11-14,17-18,28H,1,3-4,9-10,15-16H2. The first-order valence-corrected chi connectivity index (χ1v) is 10.2. The number of hydrogen-bond donors (Lipinski definition) is 1. The van der Waals surface area contributed by atoms with Crippen molar-refractivity contribution in [3.05, 3.63) is 60.2 Å². The number of Topliss-reactive ketones (excluding diaryl/α,β-unsaturated/α-hetero) is 1. The molecular weight excluding hydrogens is 348 g/mol. The molecule has 0 bridgehead atoms. The number of carbonyl (C=O) groups excluding carboxylic acids is 1. The second kappa shape index (κ2) is 8.42. The van der Waals surface area contributed by atoms with Gasteiger partial charge in [-0.25, -0.2) is 4.99 Å². The fraction of sp³-hybridized carbons (Fsp3) is 0.333. The number of ketones is 1. The molecule has 1 fully saturated rings. The van der Waals surface area contributed by atoms with E-state index in [9.17, 15) is 9.90 Å². The number of nitrogens with zero attached hydrogens (tertiary/aromatic N) is 2. The fourth-order valence-corrected chi connectivity index (χ4v) is 4.21. The van der Waals surface area contributed by atoms with Gasteiger partial charge in [-0.15, -0.1) is 0 Å². The van der Waals surface area contributed by atoms with Crippen molar-refractivity contribution in [2.75, 3.05) is 0 Å². The first-order chi connectivity index (χ1) is 13.7. The highest BCUT2D eigenvalue weighted by Gasteiger charge is 2.18. The third-order valence-corrected chi connectivity index (χ3v) is 5.77. The summed E-state index contributed by atoms with van der Waals surface area (Å²) in [5.74, 6) is 0.717. The van der Waals surface area contributed by atoms with Gasteiger partial charge in [0.15, 0.2) is 0 Å². The van der Waals surface area contributed by atoms with Crippen LogP contribution >= 0.6 is 0 Å². The van der Waals surface area contributed by atoms with Gasteiger partial charge in [-0.05, 0) is 18.4 Å². The number of carbonyl (C=O) groups is 1. The average molecular weight is 374 g/mol. The van der Waals surface area contributed by atoms with Crippen molar-refractivity contribution >= 4 is 28.6 Å². The van der Waals surface area contributed by atoms with Crippen LogP contribution in [0.2, 0.25) is 0 Å². The van der Waals surface area contributed by atoms with E-state index in [-0.39, 0.29) is 11.7 Å². The zero-order valence-corrected chi connectivity index (χ0v) is 16.1. The van der Waals surface area contributed by atoms with Crippen LogP contribution in [0.15, 0.2) is 59.6 Å². The van der Waals surface area contributed by atoms with Crippen LogP contribution < -0.4 is 0 Å². The van der Waals surface area contributed by atoms with E-state index in [1.165, 1.54) is 38.3 Å². The maximum atomic E-state index is 12.4. The summed E-state index contributed by atoms with van der Waals surface area (Å²) in [6.45, 7) is 0.777. The van der Waals surface area contributed by atoms with E-state index in [0.29, 0.717) is 11.3 Å². The molecule has 0 unspecified atom stereocenters. The molecule has 1 aliphatic rings. The molecule has 1 aromatic heterocycles. The molecule has 4 nitrogen and oxygen atoms in total. The van der Waals surface area contributed by atoms with Crippen LogP contribution in [0.25, 0.3) is 10.9 Å². The molecule has 144 valence electrons. The van der Waals surface area contributed by atoms with Crippen molar-refractivity contribution < 1.29 is 9.90 Å². The molecule has 28 heavy (non-hydrogen) atoms. The molecule has 1 aliphatic carbocycles. The zero-order chi connectivity index (χ0) is 19.3. The number of rotatable bonds is 6. The highest BCUT2D eigenvalue weighted by atomic mass is 16.3. The van der Waals surface area contributed by atoms with Crippen molar-refractivity contribution in [1.82, 2.24) is 4.57 Å². The van der Waals surface area contributed by atoms with Gasteiger partial charge in [-0.2, -0.15) is 0 Å².